The summed E-state index contributed by atoms with van der Waals surface area (Å²) in [6.07, 6.45) is 6.74. The van der Waals surface area contributed by atoms with Crippen molar-refractivity contribution in [1.29, 1.82) is 0 Å². The molecule has 2 aliphatic rings. The molecule has 0 bridgehead atoms. The van der Waals surface area contributed by atoms with E-state index in [0.717, 1.165) is 22.9 Å². The van der Waals surface area contributed by atoms with Crippen molar-refractivity contribution in [2.45, 2.75) is 51.5 Å². The largest absolute Gasteiger partial charge is 0.356 e. The number of hydrogen-bond acceptors (Lipinski definition) is 3. The topological polar surface area (TPSA) is 61.4 Å². The second-order valence-corrected chi connectivity index (χ2v) is 8.62. The van der Waals surface area contributed by atoms with E-state index in [9.17, 15) is 9.59 Å². The minimum atomic E-state index is -0.0774. The van der Waals surface area contributed by atoms with Crippen molar-refractivity contribution in [1.82, 2.24) is 10.2 Å². The lowest BCUT2D eigenvalue weighted by molar-refractivity contribution is -0.141. The van der Waals surface area contributed by atoms with E-state index < -0.39 is 0 Å². The van der Waals surface area contributed by atoms with Gasteiger partial charge in [-0.2, -0.15) is 0 Å². The molecule has 2 aromatic carbocycles. The summed E-state index contributed by atoms with van der Waals surface area (Å²) in [4.78, 5) is 25.1. The van der Waals surface area contributed by atoms with Crippen LogP contribution in [0.4, 0.5) is 11.4 Å². The number of nitrogens with zero attached hydrogens (tertiary/aromatic N) is 1. The highest BCUT2D eigenvalue weighted by atomic mass is 16.2. The lowest BCUT2D eigenvalue weighted by Gasteiger charge is -2.37. The maximum Gasteiger partial charge on any atom is 0.226 e. The minimum absolute atomic E-state index is 0.0211. The Bertz CT molecular complexity index is 864. The molecule has 0 radical (unpaired) electrons. The van der Waals surface area contributed by atoms with Crippen LogP contribution in [0.25, 0.3) is 0 Å². The Kier molecular flexibility index (Phi) is 6.36. The van der Waals surface area contributed by atoms with Gasteiger partial charge in [0.1, 0.15) is 0 Å². The second-order valence-electron chi connectivity index (χ2n) is 8.62. The van der Waals surface area contributed by atoms with Gasteiger partial charge in [-0.1, -0.05) is 43.5 Å². The number of carbonyl (C=O) groups is 2. The van der Waals surface area contributed by atoms with E-state index in [1.165, 1.54) is 44.6 Å². The number of likely N-dealkylation sites (tertiary alicyclic amines) is 1. The number of benzene rings is 2. The first-order valence-electron chi connectivity index (χ1n) is 11.1. The molecule has 4 rings (SSSR count). The molecule has 2 fully saturated rings. The summed E-state index contributed by atoms with van der Waals surface area (Å²) in [5, 5.41) is 6.42. The van der Waals surface area contributed by atoms with Crippen molar-refractivity contribution >= 4 is 23.2 Å². The molecule has 0 aromatic heterocycles. The Morgan fingerprint density at radius 3 is 2.10 bits per heavy atom. The van der Waals surface area contributed by atoms with E-state index in [-0.39, 0.29) is 17.7 Å². The van der Waals surface area contributed by atoms with E-state index in [1.807, 2.05) is 24.3 Å². The number of carbonyl (C=O) groups excluding carboxylic acids is 2. The van der Waals surface area contributed by atoms with E-state index in [0.29, 0.717) is 19.6 Å². The van der Waals surface area contributed by atoms with Gasteiger partial charge in [0.15, 0.2) is 0 Å². The van der Waals surface area contributed by atoms with Crippen LogP contribution in [0.2, 0.25) is 0 Å². The zero-order valence-electron chi connectivity index (χ0n) is 17.7. The van der Waals surface area contributed by atoms with Crippen LogP contribution in [0.3, 0.4) is 0 Å². The molecule has 1 aliphatic carbocycles. The number of rotatable bonds is 6. The summed E-state index contributed by atoms with van der Waals surface area (Å²) in [6, 6.07) is 17.0. The second kappa shape index (κ2) is 9.33. The van der Waals surface area contributed by atoms with Crippen molar-refractivity contribution in [3.05, 3.63) is 59.7 Å². The highest BCUT2D eigenvalue weighted by Crippen LogP contribution is 2.33. The third-order valence-corrected chi connectivity index (χ3v) is 6.39. The van der Waals surface area contributed by atoms with Crippen molar-refractivity contribution in [2.24, 2.45) is 5.92 Å². The summed E-state index contributed by atoms with van der Waals surface area (Å²) in [5.74, 6) is 0.706. The average molecular weight is 406 g/mol. The molecule has 30 heavy (non-hydrogen) atoms. The molecule has 0 unspecified atom stereocenters. The maximum absolute atomic E-state index is 12.2. The first-order valence-corrected chi connectivity index (χ1v) is 11.1. The van der Waals surface area contributed by atoms with Crippen molar-refractivity contribution in [2.75, 3.05) is 18.4 Å². The predicted molar refractivity (Wildman–Crippen MR) is 120 cm³/mol. The number of nitrogens with one attached hydrogen (secondary N) is 2. The van der Waals surface area contributed by atoms with Crippen LogP contribution in [0.15, 0.2) is 48.5 Å². The summed E-state index contributed by atoms with van der Waals surface area (Å²) in [7, 11) is 0. The number of amides is 2. The Morgan fingerprint density at radius 2 is 1.50 bits per heavy atom. The summed E-state index contributed by atoms with van der Waals surface area (Å²) in [5.41, 5.74) is 4.65. The molecule has 2 aromatic rings. The molecule has 1 saturated heterocycles. The number of hydrogen-bond donors (Lipinski definition) is 2. The molecular formula is C25H31N3O2. The van der Waals surface area contributed by atoms with Gasteiger partial charge in [0.25, 0.3) is 0 Å². The minimum Gasteiger partial charge on any atom is -0.356 e. The van der Waals surface area contributed by atoms with Gasteiger partial charge < -0.3 is 15.5 Å². The molecule has 2 N–H and O–H groups in total. The zero-order chi connectivity index (χ0) is 20.9. The van der Waals surface area contributed by atoms with Crippen LogP contribution < -0.4 is 10.6 Å². The fourth-order valence-corrected chi connectivity index (χ4v) is 4.38. The monoisotopic (exact) mass is 405 g/mol. The summed E-state index contributed by atoms with van der Waals surface area (Å²) < 4.78 is 0. The predicted octanol–water partition coefficient (Wildman–Crippen LogP) is 4.57. The quantitative estimate of drug-likeness (QED) is 0.740. The van der Waals surface area contributed by atoms with Gasteiger partial charge in [-0.3, -0.25) is 9.59 Å². The molecule has 5 nitrogen and oxygen atoms in total. The summed E-state index contributed by atoms with van der Waals surface area (Å²) in [6.45, 7) is 3.10. The lowest BCUT2D eigenvalue weighted by atomic mass is 9.84. The van der Waals surface area contributed by atoms with E-state index >= 15 is 0 Å². The highest BCUT2D eigenvalue weighted by Gasteiger charge is 2.33. The van der Waals surface area contributed by atoms with Crippen LogP contribution in [0.5, 0.6) is 0 Å². The Hall–Kier alpha value is -2.82. The third kappa shape index (κ3) is 5.02. The van der Waals surface area contributed by atoms with Gasteiger partial charge in [-0.15, -0.1) is 0 Å². The molecule has 0 spiro atoms. The van der Waals surface area contributed by atoms with Gasteiger partial charge >= 0.3 is 0 Å². The fourth-order valence-electron chi connectivity index (χ4n) is 4.38. The number of anilines is 2. The standard InChI is InChI=1S/C25H31N3O2/c1-18(29)28-16-22(17-28)25(30)26-15-19-7-11-23(12-8-19)27-24-13-9-21(10-14-24)20-5-3-2-4-6-20/h7-14,20,22,27H,2-6,15-17H2,1H3,(H,26,30). The molecule has 1 heterocycles. The normalized spacial score (nSPS) is 17.3. The smallest absolute Gasteiger partial charge is 0.226 e. The maximum atomic E-state index is 12.2. The lowest BCUT2D eigenvalue weighted by Crippen LogP contribution is -2.55. The first kappa shape index (κ1) is 20.5. The van der Waals surface area contributed by atoms with Gasteiger partial charge in [0.2, 0.25) is 11.8 Å². The van der Waals surface area contributed by atoms with E-state index in [2.05, 4.69) is 34.9 Å². The van der Waals surface area contributed by atoms with Gasteiger partial charge in [0.05, 0.1) is 5.92 Å². The Morgan fingerprint density at radius 1 is 0.900 bits per heavy atom. The first-order chi connectivity index (χ1) is 14.6. The van der Waals surface area contributed by atoms with Crippen molar-refractivity contribution in [3.8, 4) is 0 Å². The molecule has 158 valence electrons. The molecule has 5 heteroatoms. The molecule has 0 atom stereocenters. The Labute approximate surface area is 178 Å². The van der Waals surface area contributed by atoms with E-state index in [4.69, 9.17) is 0 Å². The van der Waals surface area contributed by atoms with Crippen molar-refractivity contribution < 1.29 is 9.59 Å². The zero-order valence-corrected chi connectivity index (χ0v) is 17.7. The highest BCUT2D eigenvalue weighted by molar-refractivity contribution is 5.83. The Balaban J connectivity index is 1.24. The average Bonchev–Trinajstić information content (AvgIpc) is 2.73. The van der Waals surface area contributed by atoms with Crippen LogP contribution in [-0.2, 0) is 16.1 Å². The SMILES string of the molecule is CC(=O)N1CC(C(=O)NCc2ccc(Nc3ccc(C4CCCCC4)cc3)cc2)C1. The van der Waals surface area contributed by atoms with E-state index in [1.54, 1.807) is 4.90 Å². The third-order valence-electron chi connectivity index (χ3n) is 6.39. The molecular weight excluding hydrogens is 374 g/mol. The van der Waals surface area contributed by atoms with Crippen molar-refractivity contribution in [3.63, 3.8) is 0 Å². The van der Waals surface area contributed by atoms with Crippen LogP contribution in [0.1, 0.15) is 56.1 Å². The van der Waals surface area contributed by atoms with Crippen LogP contribution >= 0.6 is 0 Å². The van der Waals surface area contributed by atoms with Crippen LogP contribution in [0, 0.1) is 5.92 Å². The van der Waals surface area contributed by atoms with Crippen LogP contribution in [-0.4, -0.2) is 29.8 Å². The molecule has 1 saturated carbocycles. The van der Waals surface area contributed by atoms with Gasteiger partial charge in [0, 0.05) is 37.9 Å². The molecule has 2 amide bonds. The van der Waals surface area contributed by atoms with Gasteiger partial charge in [-0.05, 0) is 54.2 Å². The van der Waals surface area contributed by atoms with Gasteiger partial charge in [-0.25, -0.2) is 0 Å². The summed E-state index contributed by atoms with van der Waals surface area (Å²) >= 11 is 0. The fraction of sp³-hybridized carbons (Fsp3) is 0.440. The molecule has 1 aliphatic heterocycles.